The highest BCUT2D eigenvalue weighted by Crippen LogP contribution is 2.13. The molecule has 0 saturated carbocycles. The Morgan fingerprint density at radius 2 is 1.95 bits per heavy atom. The second-order valence-electron chi connectivity index (χ2n) is 5.70. The van der Waals surface area contributed by atoms with Crippen LogP contribution in [0.25, 0.3) is 0 Å². The maximum Gasteiger partial charge on any atom is 0.322 e. The molecule has 7 nitrogen and oxygen atoms in total. The van der Waals surface area contributed by atoms with Gasteiger partial charge in [0.05, 0.1) is 18.1 Å². The van der Waals surface area contributed by atoms with Gasteiger partial charge in [0, 0.05) is 39.3 Å². The zero-order valence-corrected chi connectivity index (χ0v) is 12.9. The number of piperazine rings is 1. The first-order valence-electron chi connectivity index (χ1n) is 7.71. The molecule has 2 aliphatic rings. The number of nitrogens with one attached hydrogen (secondary N) is 2. The third-order valence-corrected chi connectivity index (χ3v) is 3.91. The van der Waals surface area contributed by atoms with Crippen molar-refractivity contribution in [2.45, 2.75) is 13.3 Å². The summed E-state index contributed by atoms with van der Waals surface area (Å²) < 4.78 is 0. The van der Waals surface area contributed by atoms with Gasteiger partial charge in [0.2, 0.25) is 5.95 Å². The first kappa shape index (κ1) is 14.8. The van der Waals surface area contributed by atoms with Crippen LogP contribution in [-0.2, 0) is 0 Å². The number of rotatable bonds is 2. The van der Waals surface area contributed by atoms with Gasteiger partial charge in [-0.05, 0) is 13.3 Å². The van der Waals surface area contributed by atoms with Crippen LogP contribution in [0.1, 0.15) is 13.3 Å². The van der Waals surface area contributed by atoms with E-state index in [1.165, 1.54) is 5.57 Å². The second-order valence-corrected chi connectivity index (χ2v) is 5.70. The lowest BCUT2D eigenvalue weighted by atomic mass is 10.1. The number of hydrogen-bond donors (Lipinski definition) is 2. The summed E-state index contributed by atoms with van der Waals surface area (Å²) in [6.07, 6.45) is 6.44. The maximum atomic E-state index is 12.2. The lowest BCUT2D eigenvalue weighted by Crippen LogP contribution is -2.44. The molecule has 0 spiro atoms. The van der Waals surface area contributed by atoms with Gasteiger partial charge >= 0.3 is 6.03 Å². The third-order valence-electron chi connectivity index (χ3n) is 3.91. The molecule has 0 aromatic carbocycles. The predicted octanol–water partition coefficient (Wildman–Crippen LogP) is 1.07. The smallest absolute Gasteiger partial charge is 0.322 e. The van der Waals surface area contributed by atoms with E-state index in [1.54, 1.807) is 17.3 Å². The summed E-state index contributed by atoms with van der Waals surface area (Å²) in [6, 6.07) is -0.0917. The van der Waals surface area contributed by atoms with E-state index in [4.69, 9.17) is 0 Å². The quantitative estimate of drug-likeness (QED) is 0.800. The molecule has 0 aliphatic carbocycles. The van der Waals surface area contributed by atoms with E-state index in [0.29, 0.717) is 12.2 Å². The largest absolute Gasteiger partial charge is 0.338 e. The number of hydrogen-bond acceptors (Lipinski definition) is 5. The molecule has 0 radical (unpaired) electrons. The molecule has 0 bridgehead atoms. The van der Waals surface area contributed by atoms with Crippen LogP contribution in [0.5, 0.6) is 0 Å². The molecule has 3 heterocycles. The Kier molecular flexibility index (Phi) is 4.53. The van der Waals surface area contributed by atoms with Crippen molar-refractivity contribution in [3.05, 3.63) is 24.0 Å². The van der Waals surface area contributed by atoms with Crippen molar-refractivity contribution >= 4 is 17.7 Å². The van der Waals surface area contributed by atoms with Gasteiger partial charge in [-0.2, -0.15) is 0 Å². The van der Waals surface area contributed by atoms with Gasteiger partial charge in [0.1, 0.15) is 0 Å². The maximum absolute atomic E-state index is 12.2. The minimum absolute atomic E-state index is 0.0917. The highest BCUT2D eigenvalue weighted by molar-refractivity contribution is 5.89. The topological polar surface area (TPSA) is 73.4 Å². The zero-order valence-electron chi connectivity index (χ0n) is 12.9. The molecule has 2 amide bonds. The number of urea groups is 1. The van der Waals surface area contributed by atoms with Crippen molar-refractivity contribution < 1.29 is 4.79 Å². The molecule has 1 fully saturated rings. The molecule has 22 heavy (non-hydrogen) atoms. The molecule has 0 atom stereocenters. The Labute approximate surface area is 130 Å². The van der Waals surface area contributed by atoms with Crippen molar-refractivity contribution in [3.8, 4) is 0 Å². The number of anilines is 2. The Morgan fingerprint density at radius 1 is 1.23 bits per heavy atom. The van der Waals surface area contributed by atoms with Gasteiger partial charge in [-0.15, -0.1) is 0 Å². The van der Waals surface area contributed by atoms with Gasteiger partial charge in [-0.3, -0.25) is 0 Å². The van der Waals surface area contributed by atoms with Gasteiger partial charge in [-0.1, -0.05) is 11.6 Å². The Hall–Kier alpha value is -2.15. The van der Waals surface area contributed by atoms with Crippen LogP contribution < -0.4 is 15.5 Å². The van der Waals surface area contributed by atoms with Crippen molar-refractivity contribution in [3.63, 3.8) is 0 Å². The fraction of sp³-hybridized carbons (Fsp3) is 0.533. The monoisotopic (exact) mass is 302 g/mol. The highest BCUT2D eigenvalue weighted by Gasteiger charge is 2.17. The average Bonchev–Trinajstić information content (AvgIpc) is 2.56. The summed E-state index contributed by atoms with van der Waals surface area (Å²) >= 11 is 0. The normalized spacial score (nSPS) is 18.9. The van der Waals surface area contributed by atoms with Crippen molar-refractivity contribution in [2.75, 3.05) is 49.5 Å². The van der Waals surface area contributed by atoms with Crippen LogP contribution in [0.3, 0.4) is 0 Å². The summed E-state index contributed by atoms with van der Waals surface area (Å²) in [5.41, 5.74) is 1.86. The summed E-state index contributed by atoms with van der Waals surface area (Å²) in [6.45, 7) is 7.20. The van der Waals surface area contributed by atoms with E-state index in [1.807, 2.05) is 6.92 Å². The average molecular weight is 302 g/mol. The van der Waals surface area contributed by atoms with E-state index in [2.05, 4.69) is 31.6 Å². The number of nitrogens with zero attached hydrogens (tertiary/aromatic N) is 4. The highest BCUT2D eigenvalue weighted by atomic mass is 16.2. The van der Waals surface area contributed by atoms with Crippen LogP contribution in [0, 0.1) is 0 Å². The van der Waals surface area contributed by atoms with Crippen LogP contribution in [0.15, 0.2) is 24.0 Å². The first-order valence-corrected chi connectivity index (χ1v) is 7.71. The minimum Gasteiger partial charge on any atom is -0.338 e. The molecule has 0 unspecified atom stereocenters. The molecule has 2 N–H and O–H groups in total. The van der Waals surface area contributed by atoms with E-state index < -0.39 is 0 Å². The summed E-state index contributed by atoms with van der Waals surface area (Å²) in [5.74, 6) is 0.719. The Bertz CT molecular complexity index is 550. The number of carbonyl (C=O) groups excluding carboxylic acids is 1. The van der Waals surface area contributed by atoms with Gasteiger partial charge in [0.15, 0.2) is 0 Å². The van der Waals surface area contributed by atoms with Crippen LogP contribution >= 0.6 is 0 Å². The van der Waals surface area contributed by atoms with Gasteiger partial charge < -0.3 is 20.4 Å². The fourth-order valence-corrected chi connectivity index (χ4v) is 2.70. The van der Waals surface area contributed by atoms with Crippen molar-refractivity contribution in [1.82, 2.24) is 20.2 Å². The summed E-state index contributed by atoms with van der Waals surface area (Å²) in [7, 11) is 0. The van der Waals surface area contributed by atoms with E-state index in [0.717, 1.165) is 45.1 Å². The lowest BCUT2D eigenvalue weighted by molar-refractivity contribution is 0.215. The molecule has 7 heteroatoms. The first-order chi connectivity index (χ1) is 10.7. The molecule has 3 rings (SSSR count). The molecule has 1 aromatic heterocycles. The Morgan fingerprint density at radius 3 is 2.64 bits per heavy atom. The van der Waals surface area contributed by atoms with Crippen molar-refractivity contribution in [1.29, 1.82) is 0 Å². The second kappa shape index (κ2) is 6.74. The number of amides is 2. The molecular formula is C15H22N6O. The van der Waals surface area contributed by atoms with E-state index >= 15 is 0 Å². The summed E-state index contributed by atoms with van der Waals surface area (Å²) in [5, 5.41) is 6.16. The van der Waals surface area contributed by atoms with Crippen LogP contribution in [0.4, 0.5) is 16.4 Å². The SMILES string of the molecule is CC1=CCCN(C(=O)Nc2cnc(N3CCNCC3)nc2)C1. The fourth-order valence-electron chi connectivity index (χ4n) is 2.70. The lowest BCUT2D eigenvalue weighted by Gasteiger charge is -2.27. The van der Waals surface area contributed by atoms with E-state index in [9.17, 15) is 4.79 Å². The van der Waals surface area contributed by atoms with Crippen LogP contribution in [0.2, 0.25) is 0 Å². The minimum atomic E-state index is -0.0917. The van der Waals surface area contributed by atoms with E-state index in [-0.39, 0.29) is 6.03 Å². The third kappa shape index (κ3) is 3.54. The number of carbonyl (C=O) groups is 1. The van der Waals surface area contributed by atoms with Crippen LogP contribution in [-0.4, -0.2) is 60.2 Å². The molecule has 2 aliphatic heterocycles. The standard InChI is InChI=1S/C15H22N6O/c1-12-3-2-6-21(11-12)15(22)19-13-9-17-14(18-10-13)20-7-4-16-5-8-20/h3,9-10,16H,2,4-8,11H2,1H3,(H,19,22). The molecular weight excluding hydrogens is 280 g/mol. The zero-order chi connectivity index (χ0) is 15.4. The molecule has 1 aromatic rings. The van der Waals surface area contributed by atoms with Gasteiger partial charge in [-0.25, -0.2) is 14.8 Å². The van der Waals surface area contributed by atoms with Crippen molar-refractivity contribution in [2.24, 2.45) is 0 Å². The molecule has 118 valence electrons. The molecule has 1 saturated heterocycles. The Balaban J connectivity index is 1.58. The predicted molar refractivity (Wildman–Crippen MR) is 86.1 cm³/mol. The number of aromatic nitrogens is 2. The summed E-state index contributed by atoms with van der Waals surface area (Å²) in [4.78, 5) is 24.9. The van der Waals surface area contributed by atoms with Gasteiger partial charge in [0.25, 0.3) is 0 Å².